The first-order valence-corrected chi connectivity index (χ1v) is 27.2. The zero-order valence-corrected chi connectivity index (χ0v) is 43.0. The van der Waals surface area contributed by atoms with Gasteiger partial charge in [-0.2, -0.15) is 0 Å². The molecule has 1 aliphatic rings. The molecule has 0 amide bonds. The summed E-state index contributed by atoms with van der Waals surface area (Å²) < 4.78 is 22.0. The van der Waals surface area contributed by atoms with Crippen LogP contribution in [0.1, 0.15) is 259 Å². The van der Waals surface area contributed by atoms with Crippen molar-refractivity contribution >= 4 is 24.4 Å². The van der Waals surface area contributed by atoms with Gasteiger partial charge in [-0.3, -0.25) is 24.1 Å². The van der Waals surface area contributed by atoms with E-state index in [9.17, 15) is 19.2 Å². The molecule has 1 heterocycles. The maximum absolute atomic E-state index is 12.4. The lowest BCUT2D eigenvalue weighted by atomic mass is 10.0. The van der Waals surface area contributed by atoms with E-state index in [1.54, 1.807) is 0 Å². The predicted octanol–water partition coefficient (Wildman–Crippen LogP) is 13.9. The van der Waals surface area contributed by atoms with Crippen LogP contribution in [-0.2, 0) is 38.1 Å². The number of nitrogens with zero attached hydrogens (tertiary/aromatic N) is 2. The molecule has 1 fully saturated rings. The third-order valence-corrected chi connectivity index (χ3v) is 12.5. The number of rotatable bonds is 45. The molecule has 1 atom stereocenters. The van der Waals surface area contributed by atoms with Gasteiger partial charge in [0.05, 0.1) is 13.0 Å². The zero-order chi connectivity index (χ0) is 47.1. The summed E-state index contributed by atoms with van der Waals surface area (Å²) in [7, 11) is 3.93. The summed E-state index contributed by atoms with van der Waals surface area (Å²) in [4.78, 5) is 51.1. The van der Waals surface area contributed by atoms with Gasteiger partial charge in [0.1, 0.15) is 18.3 Å². The van der Waals surface area contributed by atoms with E-state index < -0.39 is 0 Å². The van der Waals surface area contributed by atoms with Gasteiger partial charge < -0.3 is 23.8 Å². The average molecular weight is 909 g/mol. The van der Waals surface area contributed by atoms with Crippen LogP contribution in [-0.4, -0.2) is 99.4 Å². The summed E-state index contributed by atoms with van der Waals surface area (Å²) in [6.07, 6.45) is 40.0. The van der Waals surface area contributed by atoms with E-state index in [2.05, 4.69) is 37.3 Å². The molecule has 0 bridgehead atoms. The number of hydrogen-bond donors (Lipinski definition) is 0. The molecule has 1 rings (SSSR count). The highest BCUT2D eigenvalue weighted by Crippen LogP contribution is 2.20. The van der Waals surface area contributed by atoms with Gasteiger partial charge >= 0.3 is 17.9 Å². The number of hydrogen-bond acceptors (Lipinski definition) is 10. The van der Waals surface area contributed by atoms with Crippen LogP contribution < -0.4 is 0 Å². The number of carbonyl (C=O) groups is 4. The SMILES string of the molecule is CCCCCCC(CCCCCC)OC(=O)CCCCCN1CCC(OC(=O)CCN(C)C)C1.CCCCCCCCC(CCCCCCCC)OC(=O)CCCCCCCOC=O. The number of likely N-dealkylation sites (tertiary alicyclic amines) is 1. The van der Waals surface area contributed by atoms with Gasteiger partial charge in [-0.05, 0) is 104 Å². The quantitative estimate of drug-likeness (QED) is 0.0253. The molecule has 10 heteroatoms. The fraction of sp³-hybridized carbons (Fsp3) is 0.926. The normalized spacial score (nSPS) is 13.9. The van der Waals surface area contributed by atoms with Gasteiger partial charge in [0.25, 0.3) is 6.47 Å². The number of ether oxygens (including phenoxy) is 4. The van der Waals surface area contributed by atoms with Gasteiger partial charge in [-0.25, -0.2) is 0 Å². The second-order valence-electron chi connectivity index (χ2n) is 19.1. The fourth-order valence-electron chi connectivity index (χ4n) is 8.39. The topological polar surface area (TPSA) is 112 Å². The summed E-state index contributed by atoms with van der Waals surface area (Å²) in [5, 5.41) is 0. The second kappa shape index (κ2) is 47.3. The summed E-state index contributed by atoms with van der Waals surface area (Å²) in [5.41, 5.74) is 0. The molecule has 0 aromatic rings. The third-order valence-electron chi connectivity index (χ3n) is 12.5. The Kier molecular flexibility index (Phi) is 45.7. The Morgan fingerprint density at radius 3 is 1.39 bits per heavy atom. The highest BCUT2D eigenvalue weighted by Gasteiger charge is 2.25. The van der Waals surface area contributed by atoms with Crippen LogP contribution in [0.4, 0.5) is 0 Å². The Morgan fingerprint density at radius 2 is 0.938 bits per heavy atom. The fourth-order valence-corrected chi connectivity index (χ4v) is 8.39. The number of esters is 3. The minimum atomic E-state index is -0.0897. The van der Waals surface area contributed by atoms with Crippen molar-refractivity contribution in [3.05, 3.63) is 0 Å². The Bertz CT molecular complexity index is 1030. The van der Waals surface area contributed by atoms with Crippen LogP contribution in [0.5, 0.6) is 0 Å². The molecule has 378 valence electrons. The van der Waals surface area contributed by atoms with Crippen LogP contribution in [0, 0.1) is 0 Å². The first-order chi connectivity index (χ1) is 31.2. The van der Waals surface area contributed by atoms with Crippen molar-refractivity contribution < 1.29 is 38.1 Å². The number of carbonyl (C=O) groups excluding carboxylic acids is 4. The van der Waals surface area contributed by atoms with Crippen molar-refractivity contribution in [2.75, 3.05) is 46.9 Å². The monoisotopic (exact) mass is 909 g/mol. The maximum Gasteiger partial charge on any atom is 0.307 e. The van der Waals surface area contributed by atoms with E-state index >= 15 is 0 Å². The molecule has 64 heavy (non-hydrogen) atoms. The van der Waals surface area contributed by atoms with Crippen LogP contribution in [0.25, 0.3) is 0 Å². The predicted molar refractivity (Wildman–Crippen MR) is 266 cm³/mol. The maximum atomic E-state index is 12.4. The molecule has 0 N–H and O–H groups in total. The molecule has 0 aromatic carbocycles. The second-order valence-corrected chi connectivity index (χ2v) is 19.1. The molecule has 0 spiro atoms. The van der Waals surface area contributed by atoms with E-state index in [0.29, 0.717) is 32.3 Å². The van der Waals surface area contributed by atoms with Gasteiger partial charge in [0, 0.05) is 32.5 Å². The summed E-state index contributed by atoms with van der Waals surface area (Å²) in [6, 6.07) is 0. The minimum Gasteiger partial charge on any atom is -0.468 e. The van der Waals surface area contributed by atoms with E-state index in [0.717, 1.165) is 110 Å². The van der Waals surface area contributed by atoms with Crippen LogP contribution in [0.15, 0.2) is 0 Å². The highest BCUT2D eigenvalue weighted by molar-refractivity contribution is 5.70. The van der Waals surface area contributed by atoms with Crippen LogP contribution >= 0.6 is 0 Å². The Morgan fingerprint density at radius 1 is 0.531 bits per heavy atom. The lowest BCUT2D eigenvalue weighted by molar-refractivity contribution is -0.151. The molecular weight excluding hydrogens is 805 g/mol. The highest BCUT2D eigenvalue weighted by atomic mass is 16.6. The van der Waals surface area contributed by atoms with Crippen molar-refractivity contribution in [3.63, 3.8) is 0 Å². The van der Waals surface area contributed by atoms with Gasteiger partial charge in [-0.15, -0.1) is 0 Å². The molecular formula is C54H104N2O8. The van der Waals surface area contributed by atoms with Gasteiger partial charge in [-0.1, -0.05) is 156 Å². The third kappa shape index (κ3) is 42.4. The molecule has 1 saturated heterocycles. The minimum absolute atomic E-state index is 0.0122. The van der Waals surface area contributed by atoms with Gasteiger partial charge in [0.2, 0.25) is 0 Å². The molecule has 0 radical (unpaired) electrons. The lowest BCUT2D eigenvalue weighted by Gasteiger charge is -2.18. The molecule has 0 aromatic heterocycles. The van der Waals surface area contributed by atoms with E-state index in [-0.39, 0.29) is 36.2 Å². The summed E-state index contributed by atoms with van der Waals surface area (Å²) in [5.74, 6) is -0.115. The van der Waals surface area contributed by atoms with Crippen molar-refractivity contribution in [1.29, 1.82) is 0 Å². The Hall–Kier alpha value is -2.20. The van der Waals surface area contributed by atoms with E-state index in [4.69, 9.17) is 14.2 Å². The average Bonchev–Trinajstić information content (AvgIpc) is 3.72. The van der Waals surface area contributed by atoms with Crippen LogP contribution in [0.2, 0.25) is 0 Å². The smallest absolute Gasteiger partial charge is 0.307 e. The molecule has 1 unspecified atom stereocenters. The Balaban J connectivity index is 0.00000125. The zero-order valence-electron chi connectivity index (χ0n) is 43.0. The summed E-state index contributed by atoms with van der Waals surface area (Å²) >= 11 is 0. The van der Waals surface area contributed by atoms with Crippen molar-refractivity contribution in [1.82, 2.24) is 9.80 Å². The van der Waals surface area contributed by atoms with Gasteiger partial charge in [0.15, 0.2) is 0 Å². The lowest BCUT2D eigenvalue weighted by Crippen LogP contribution is -2.27. The van der Waals surface area contributed by atoms with E-state index in [1.807, 2.05) is 19.0 Å². The van der Waals surface area contributed by atoms with Crippen molar-refractivity contribution in [2.24, 2.45) is 0 Å². The largest absolute Gasteiger partial charge is 0.468 e. The standard InChI is InChI=1S/C28H54N2O4.C26H50O4/c1-5-7-9-12-16-25(17-13-10-8-6-2)33-27(31)18-14-11-15-21-30-23-19-26(24-30)34-28(32)20-22-29(3)4;1-3-5-7-9-12-16-20-25(21-17-13-10-8-6-4-2)30-26(28)22-18-14-11-15-19-23-29-24-27/h25-26H,5-24H2,1-4H3;24-25H,3-23H2,1-2H3. The Labute approximate surface area is 395 Å². The van der Waals surface area contributed by atoms with E-state index in [1.165, 1.54) is 128 Å². The van der Waals surface area contributed by atoms with Crippen LogP contribution in [0.3, 0.4) is 0 Å². The molecule has 10 nitrogen and oxygen atoms in total. The summed E-state index contributed by atoms with van der Waals surface area (Å²) in [6.45, 7) is 13.5. The first kappa shape index (κ1) is 61.8. The molecule has 0 aliphatic carbocycles. The number of unbranched alkanes of at least 4 members (excludes halogenated alkanes) is 22. The van der Waals surface area contributed by atoms with Crippen molar-refractivity contribution in [3.8, 4) is 0 Å². The van der Waals surface area contributed by atoms with Crippen molar-refractivity contribution in [2.45, 2.75) is 277 Å². The molecule has 1 aliphatic heterocycles. The first-order valence-electron chi connectivity index (χ1n) is 27.2. The molecule has 0 saturated carbocycles.